The van der Waals surface area contributed by atoms with Gasteiger partial charge in [0.1, 0.15) is 6.04 Å². The van der Waals surface area contributed by atoms with E-state index in [1.54, 1.807) is 11.8 Å². The van der Waals surface area contributed by atoms with Gasteiger partial charge in [0.15, 0.2) is 0 Å². The molecule has 1 atom stereocenters. The number of rotatable bonds is 3. The molecule has 0 spiro atoms. The second-order valence-corrected chi connectivity index (χ2v) is 3.83. The largest absolute Gasteiger partial charge is 0.480 e. The summed E-state index contributed by atoms with van der Waals surface area (Å²) in [5.41, 5.74) is 5.13. The second-order valence-electron chi connectivity index (χ2n) is 3.83. The molecular formula is C9H17N3O3. The summed E-state index contributed by atoms with van der Waals surface area (Å²) in [6, 6.07) is -0.790. The van der Waals surface area contributed by atoms with Crippen LogP contribution < -0.4 is 11.1 Å². The van der Waals surface area contributed by atoms with E-state index >= 15 is 0 Å². The Morgan fingerprint density at radius 2 is 2.00 bits per heavy atom. The molecule has 0 aliphatic carbocycles. The Kier molecular flexibility index (Phi) is 3.90. The number of nitrogens with one attached hydrogen (secondary N) is 1. The minimum absolute atomic E-state index is 0.159. The van der Waals surface area contributed by atoms with E-state index in [4.69, 9.17) is 10.8 Å². The van der Waals surface area contributed by atoms with Crippen molar-refractivity contribution in [3.05, 3.63) is 0 Å². The van der Waals surface area contributed by atoms with Crippen molar-refractivity contribution in [2.24, 2.45) is 5.73 Å². The molecule has 0 aromatic carbocycles. The number of carbonyl (C=O) groups excluding carboxylic acids is 1. The van der Waals surface area contributed by atoms with Gasteiger partial charge in [0.2, 0.25) is 0 Å². The molecule has 1 aliphatic rings. The number of hydrogen-bond acceptors (Lipinski definition) is 3. The summed E-state index contributed by atoms with van der Waals surface area (Å²) in [4.78, 5) is 23.0. The van der Waals surface area contributed by atoms with Crippen molar-refractivity contribution in [3.8, 4) is 0 Å². The molecule has 2 amide bonds. The fraction of sp³-hybridized carbons (Fsp3) is 0.778. The van der Waals surface area contributed by atoms with Crippen molar-refractivity contribution < 1.29 is 14.7 Å². The Bertz CT molecular complexity index is 249. The van der Waals surface area contributed by atoms with Crippen molar-refractivity contribution in [2.45, 2.75) is 31.8 Å². The third-order valence-corrected chi connectivity index (χ3v) is 2.66. The highest BCUT2D eigenvalue weighted by atomic mass is 16.4. The van der Waals surface area contributed by atoms with E-state index in [0.29, 0.717) is 13.1 Å². The van der Waals surface area contributed by atoms with Crippen LogP contribution in [-0.4, -0.2) is 47.2 Å². The molecule has 15 heavy (non-hydrogen) atoms. The average molecular weight is 215 g/mol. The van der Waals surface area contributed by atoms with Crippen LogP contribution in [0.5, 0.6) is 0 Å². The molecule has 1 fully saturated rings. The van der Waals surface area contributed by atoms with Crippen LogP contribution in [0.25, 0.3) is 0 Å². The number of hydrogen-bond donors (Lipinski definition) is 3. The van der Waals surface area contributed by atoms with Crippen molar-refractivity contribution in [2.75, 3.05) is 13.1 Å². The summed E-state index contributed by atoms with van der Waals surface area (Å²) >= 11 is 0. The van der Waals surface area contributed by atoms with Crippen LogP contribution in [0.3, 0.4) is 0 Å². The quantitative estimate of drug-likeness (QED) is 0.596. The number of carboxylic acid groups (broad SMARTS) is 1. The zero-order chi connectivity index (χ0) is 11.4. The van der Waals surface area contributed by atoms with Gasteiger partial charge in [-0.25, -0.2) is 4.79 Å². The lowest BCUT2D eigenvalue weighted by atomic mass is 10.0. The summed E-state index contributed by atoms with van der Waals surface area (Å²) in [6.07, 6.45) is 1.50. The normalized spacial score (nSPS) is 19.9. The number of likely N-dealkylation sites (tertiary alicyclic amines) is 1. The molecule has 1 heterocycles. The monoisotopic (exact) mass is 215 g/mol. The third kappa shape index (κ3) is 3.39. The van der Waals surface area contributed by atoms with Gasteiger partial charge < -0.3 is 21.1 Å². The van der Waals surface area contributed by atoms with E-state index in [1.807, 2.05) is 0 Å². The van der Waals surface area contributed by atoms with Crippen molar-refractivity contribution in [1.29, 1.82) is 0 Å². The van der Waals surface area contributed by atoms with Gasteiger partial charge in [-0.2, -0.15) is 0 Å². The summed E-state index contributed by atoms with van der Waals surface area (Å²) < 4.78 is 0. The van der Waals surface area contributed by atoms with E-state index in [2.05, 4.69) is 5.32 Å². The topological polar surface area (TPSA) is 95.7 Å². The van der Waals surface area contributed by atoms with Gasteiger partial charge >= 0.3 is 12.0 Å². The number of carbonyl (C=O) groups is 2. The number of urea groups is 1. The molecule has 0 bridgehead atoms. The van der Waals surface area contributed by atoms with E-state index in [-0.39, 0.29) is 6.04 Å². The molecule has 0 aromatic rings. The summed E-state index contributed by atoms with van der Waals surface area (Å²) in [7, 11) is 0. The highest BCUT2D eigenvalue weighted by Gasteiger charge is 2.23. The minimum Gasteiger partial charge on any atom is -0.480 e. The van der Waals surface area contributed by atoms with Crippen LogP contribution in [0.1, 0.15) is 19.8 Å². The molecule has 1 rings (SSSR count). The van der Waals surface area contributed by atoms with Gasteiger partial charge in [-0.1, -0.05) is 0 Å². The van der Waals surface area contributed by atoms with Crippen molar-refractivity contribution in [1.82, 2.24) is 10.2 Å². The lowest BCUT2D eigenvalue weighted by molar-refractivity contribution is -0.139. The van der Waals surface area contributed by atoms with Crippen molar-refractivity contribution >= 4 is 12.0 Å². The SMILES string of the molecule is CC(NC1CCN(C(N)=O)CC1)C(=O)O. The summed E-state index contributed by atoms with van der Waals surface area (Å²) in [5.74, 6) is -0.854. The predicted molar refractivity (Wildman–Crippen MR) is 54.4 cm³/mol. The number of carboxylic acids is 1. The fourth-order valence-corrected chi connectivity index (χ4v) is 1.69. The maximum atomic E-state index is 10.8. The third-order valence-electron chi connectivity index (χ3n) is 2.66. The number of nitrogens with two attached hydrogens (primary N) is 1. The zero-order valence-electron chi connectivity index (χ0n) is 8.77. The lowest BCUT2D eigenvalue weighted by Gasteiger charge is -2.32. The Morgan fingerprint density at radius 1 is 1.47 bits per heavy atom. The molecule has 6 heteroatoms. The first-order valence-corrected chi connectivity index (χ1v) is 5.04. The smallest absolute Gasteiger partial charge is 0.320 e. The molecule has 1 aliphatic heterocycles. The Labute approximate surface area is 88.4 Å². The number of primary amides is 1. The highest BCUT2D eigenvalue weighted by molar-refractivity contribution is 5.73. The van der Waals surface area contributed by atoms with E-state index in [0.717, 1.165) is 12.8 Å². The Hall–Kier alpha value is -1.30. The van der Waals surface area contributed by atoms with Crippen LogP contribution in [0.4, 0.5) is 4.79 Å². The molecule has 6 nitrogen and oxygen atoms in total. The summed E-state index contributed by atoms with van der Waals surface area (Å²) in [5, 5.41) is 11.7. The Balaban J connectivity index is 2.31. The van der Waals surface area contributed by atoms with Gasteiger partial charge in [-0.05, 0) is 19.8 Å². The Morgan fingerprint density at radius 3 is 2.40 bits per heavy atom. The van der Waals surface area contributed by atoms with Crippen LogP contribution in [-0.2, 0) is 4.79 Å². The molecule has 86 valence electrons. The highest BCUT2D eigenvalue weighted by Crippen LogP contribution is 2.10. The molecule has 1 unspecified atom stereocenters. The second kappa shape index (κ2) is 4.97. The maximum absolute atomic E-state index is 10.8. The lowest BCUT2D eigenvalue weighted by Crippen LogP contribution is -2.50. The predicted octanol–water partition coefficient (Wildman–Crippen LogP) is -0.408. The van der Waals surface area contributed by atoms with E-state index < -0.39 is 18.0 Å². The minimum atomic E-state index is -0.854. The van der Waals surface area contributed by atoms with Gasteiger partial charge in [-0.3, -0.25) is 4.79 Å². The molecule has 1 saturated heterocycles. The van der Waals surface area contributed by atoms with Crippen molar-refractivity contribution in [3.63, 3.8) is 0 Å². The number of piperidine rings is 1. The standard InChI is InChI=1S/C9H17N3O3/c1-6(8(13)14)11-7-2-4-12(5-3-7)9(10)15/h6-7,11H,2-5H2,1H3,(H2,10,15)(H,13,14). The molecule has 0 radical (unpaired) electrons. The van der Waals surface area contributed by atoms with E-state index in [9.17, 15) is 9.59 Å². The summed E-state index contributed by atoms with van der Waals surface area (Å²) in [6.45, 7) is 2.81. The van der Waals surface area contributed by atoms with Crippen LogP contribution >= 0.6 is 0 Å². The first-order valence-electron chi connectivity index (χ1n) is 5.04. The van der Waals surface area contributed by atoms with Gasteiger partial charge in [-0.15, -0.1) is 0 Å². The van der Waals surface area contributed by atoms with Crippen LogP contribution in [0.2, 0.25) is 0 Å². The number of amides is 2. The molecule has 0 aromatic heterocycles. The zero-order valence-corrected chi connectivity index (χ0v) is 8.77. The molecule has 4 N–H and O–H groups in total. The van der Waals surface area contributed by atoms with E-state index in [1.165, 1.54) is 0 Å². The van der Waals surface area contributed by atoms with Crippen LogP contribution in [0.15, 0.2) is 0 Å². The molecular weight excluding hydrogens is 198 g/mol. The first-order chi connectivity index (χ1) is 7.00. The molecule has 0 saturated carbocycles. The van der Waals surface area contributed by atoms with Crippen LogP contribution in [0, 0.1) is 0 Å². The van der Waals surface area contributed by atoms with Gasteiger partial charge in [0.25, 0.3) is 0 Å². The number of nitrogens with zero attached hydrogens (tertiary/aromatic N) is 1. The first kappa shape index (κ1) is 11.8. The van der Waals surface area contributed by atoms with Gasteiger partial charge in [0, 0.05) is 19.1 Å². The fourth-order valence-electron chi connectivity index (χ4n) is 1.69. The average Bonchev–Trinajstić information content (AvgIpc) is 2.18. The maximum Gasteiger partial charge on any atom is 0.320 e. The number of aliphatic carboxylic acids is 1. The van der Waals surface area contributed by atoms with Gasteiger partial charge in [0.05, 0.1) is 0 Å².